The SMILES string of the molecule is CC(C)Oc1ccc(-c2cnc(N3CCOCC3)cc2N)cc1F.Cc1ccnc(-c2nc3cc(F)cc(F)c3c(Cl)c2C)c1.Cc1ccnc(-c2nc3cc(F)cc(F)c3c(Nc3cc(N4CCOCC4)ncc3-c3ccc(OC(C)C)c(F)c3)c2C)c1. The average Bonchev–Trinajstić information content (AvgIpc) is 2.52. The molecule has 12 rings (SSSR count). The third-order valence-corrected chi connectivity index (χ3v) is 15.2. The Balaban J connectivity index is 0.000000163. The van der Waals surface area contributed by atoms with E-state index in [1.165, 1.54) is 24.3 Å². The molecule has 2 aliphatic rings. The van der Waals surface area contributed by atoms with Crippen molar-refractivity contribution in [3.63, 3.8) is 0 Å². The zero-order valence-corrected chi connectivity index (χ0v) is 51.0. The van der Waals surface area contributed by atoms with Gasteiger partial charge in [0, 0.05) is 110 Å². The number of aromatic nitrogens is 6. The highest BCUT2D eigenvalue weighted by Crippen LogP contribution is 2.42. The van der Waals surface area contributed by atoms with Gasteiger partial charge in [0.1, 0.15) is 34.9 Å². The standard InChI is InChI=1S/C34H32F3N5O2.C18H22FN3O2.C16H11ClF2N2/c1-19(2)44-30-6-5-22(14-25(30)36)24-18-39-31(42-9-11-43-12-10-42)17-27(24)40-34-21(4)33(29-13-20(3)7-8-38-29)41-28-16-23(35)15-26(37)32(28)34;1-12(2)24-17-4-3-13(9-15(17)19)14-11-21-18(10-16(14)20)22-5-7-23-8-6-22;1-8-3-4-20-13(5-8)16-9(2)15(17)14-11(19)6-10(18)7-12(14)21-16/h5-8,13-19H,9-12H2,1-4H3,(H,39,40,41);3-4,9-12H,5-8H2,1-2H3,(H2,20,21);3-7H,1-2H3. The molecule has 2 fully saturated rings. The number of fused-ring (bicyclic) bond motifs is 2. The predicted octanol–water partition coefficient (Wildman–Crippen LogP) is 15.7. The summed E-state index contributed by atoms with van der Waals surface area (Å²) in [6.07, 6.45) is 6.43. The maximum atomic E-state index is 15.6. The van der Waals surface area contributed by atoms with Crippen LogP contribution >= 0.6 is 11.6 Å². The van der Waals surface area contributed by atoms with Gasteiger partial charge in [0.15, 0.2) is 23.1 Å². The molecule has 2 aliphatic heterocycles. The highest BCUT2D eigenvalue weighted by Gasteiger charge is 2.24. The van der Waals surface area contributed by atoms with E-state index in [1.807, 2.05) is 84.9 Å². The number of nitrogens with one attached hydrogen (secondary N) is 1. The van der Waals surface area contributed by atoms with Crippen LogP contribution in [0.2, 0.25) is 5.02 Å². The van der Waals surface area contributed by atoms with E-state index in [9.17, 15) is 17.6 Å². The van der Waals surface area contributed by atoms with Crippen molar-refractivity contribution in [2.75, 3.05) is 73.5 Å². The lowest BCUT2D eigenvalue weighted by Crippen LogP contribution is -2.36. The average molecular weight is 1240 g/mol. The Bertz CT molecular complexity index is 4240. The summed E-state index contributed by atoms with van der Waals surface area (Å²) in [5.41, 5.74) is 16.0. The summed E-state index contributed by atoms with van der Waals surface area (Å²) in [6, 6.07) is 24.7. The minimum atomic E-state index is -0.757. The first-order valence-electron chi connectivity index (χ1n) is 28.9. The molecule has 6 aromatic heterocycles. The van der Waals surface area contributed by atoms with Gasteiger partial charge >= 0.3 is 0 Å². The normalized spacial score (nSPS) is 13.3. The highest BCUT2D eigenvalue weighted by atomic mass is 35.5. The third-order valence-electron chi connectivity index (χ3n) is 14.7. The zero-order chi connectivity index (χ0) is 63.2. The second-order valence-electron chi connectivity index (χ2n) is 22.0. The van der Waals surface area contributed by atoms with Crippen molar-refractivity contribution >= 4 is 62.1 Å². The van der Waals surface area contributed by atoms with Crippen molar-refractivity contribution in [3.8, 4) is 56.5 Å². The van der Waals surface area contributed by atoms with Gasteiger partial charge in [-0.25, -0.2) is 46.3 Å². The fourth-order valence-corrected chi connectivity index (χ4v) is 10.6. The van der Waals surface area contributed by atoms with Crippen molar-refractivity contribution in [1.82, 2.24) is 29.9 Å². The first-order valence-corrected chi connectivity index (χ1v) is 29.3. The molecule has 14 nitrogen and oxygen atoms in total. The van der Waals surface area contributed by atoms with E-state index in [-0.39, 0.29) is 50.5 Å². The van der Waals surface area contributed by atoms with Gasteiger partial charge in [0.25, 0.3) is 0 Å². The number of nitrogens with two attached hydrogens (primary N) is 1. The van der Waals surface area contributed by atoms with E-state index in [4.69, 9.17) is 41.3 Å². The van der Waals surface area contributed by atoms with Crippen molar-refractivity contribution in [3.05, 3.63) is 184 Å². The van der Waals surface area contributed by atoms with Crippen molar-refractivity contribution in [1.29, 1.82) is 0 Å². The van der Waals surface area contributed by atoms with Crippen LogP contribution in [0.4, 0.5) is 55.0 Å². The Labute approximate surface area is 516 Å². The molecule has 0 atom stereocenters. The van der Waals surface area contributed by atoms with E-state index >= 15 is 8.78 Å². The van der Waals surface area contributed by atoms with Crippen LogP contribution in [0.15, 0.2) is 122 Å². The second-order valence-corrected chi connectivity index (χ2v) is 22.4. The summed E-state index contributed by atoms with van der Waals surface area (Å²) >= 11 is 6.25. The Morgan fingerprint density at radius 1 is 0.528 bits per heavy atom. The Hall–Kier alpha value is -9.11. The molecular formula is C68H65ClF6N10O4. The number of anilines is 5. The van der Waals surface area contributed by atoms with E-state index < -0.39 is 34.9 Å². The lowest BCUT2D eigenvalue weighted by molar-refractivity contribution is 0.122. The fraction of sp³-hybridized carbons (Fsp3) is 0.265. The lowest BCUT2D eigenvalue weighted by Gasteiger charge is -2.28. The quantitative estimate of drug-likeness (QED) is 0.111. The fourth-order valence-electron chi connectivity index (χ4n) is 10.3. The number of nitrogens with zero attached hydrogens (tertiary/aromatic N) is 8. The van der Waals surface area contributed by atoms with Crippen molar-refractivity contribution in [2.24, 2.45) is 0 Å². The summed E-state index contributed by atoms with van der Waals surface area (Å²) in [5, 5.41) is 3.92. The molecule has 3 N–H and O–H groups in total. The summed E-state index contributed by atoms with van der Waals surface area (Å²) in [6.45, 7) is 20.2. The van der Waals surface area contributed by atoms with E-state index in [0.29, 0.717) is 119 Å². The van der Waals surface area contributed by atoms with Gasteiger partial charge in [0.2, 0.25) is 0 Å². The molecule has 0 aliphatic carbocycles. The summed E-state index contributed by atoms with van der Waals surface area (Å²) in [5.74, 6) is -1.92. The molecule has 460 valence electrons. The van der Waals surface area contributed by atoms with E-state index in [2.05, 4.69) is 40.0 Å². The van der Waals surface area contributed by atoms with Gasteiger partial charge in [-0.15, -0.1) is 0 Å². The van der Waals surface area contributed by atoms with Crippen LogP contribution in [0, 0.1) is 62.6 Å². The largest absolute Gasteiger partial charge is 0.488 e. The molecule has 10 aromatic rings. The van der Waals surface area contributed by atoms with Crippen LogP contribution in [-0.4, -0.2) is 94.7 Å². The molecule has 4 aromatic carbocycles. The van der Waals surface area contributed by atoms with Gasteiger partial charge in [-0.2, -0.15) is 0 Å². The number of benzene rings is 4. The maximum Gasteiger partial charge on any atom is 0.165 e. The Morgan fingerprint density at radius 3 is 1.47 bits per heavy atom. The molecule has 21 heteroatoms. The smallest absolute Gasteiger partial charge is 0.165 e. The van der Waals surface area contributed by atoms with Crippen molar-refractivity contribution < 1.29 is 45.3 Å². The highest BCUT2D eigenvalue weighted by molar-refractivity contribution is 6.36. The minimum Gasteiger partial charge on any atom is -0.488 e. The number of pyridine rings is 6. The van der Waals surface area contributed by atoms with Crippen LogP contribution in [0.5, 0.6) is 11.5 Å². The number of halogens is 7. The molecule has 0 amide bonds. The summed E-state index contributed by atoms with van der Waals surface area (Å²) in [7, 11) is 0. The predicted molar refractivity (Wildman–Crippen MR) is 338 cm³/mol. The topological polar surface area (TPSA) is 159 Å². The molecule has 0 bridgehead atoms. The van der Waals surface area contributed by atoms with Gasteiger partial charge in [0.05, 0.1) is 99.6 Å². The van der Waals surface area contributed by atoms with Crippen LogP contribution < -0.4 is 30.3 Å². The van der Waals surface area contributed by atoms with Crippen LogP contribution in [0.3, 0.4) is 0 Å². The molecule has 0 unspecified atom stereocenters. The third kappa shape index (κ3) is 14.6. The minimum absolute atomic E-state index is 0.0788. The summed E-state index contributed by atoms with van der Waals surface area (Å²) in [4.78, 5) is 31.1. The van der Waals surface area contributed by atoms with Crippen molar-refractivity contribution in [2.45, 2.75) is 67.6 Å². The molecule has 0 radical (unpaired) electrons. The Morgan fingerprint density at radius 2 is 0.989 bits per heavy atom. The van der Waals surface area contributed by atoms with E-state index in [1.54, 1.807) is 56.0 Å². The van der Waals surface area contributed by atoms with E-state index in [0.717, 1.165) is 42.2 Å². The molecule has 0 spiro atoms. The molecule has 89 heavy (non-hydrogen) atoms. The van der Waals surface area contributed by atoms with Gasteiger partial charge < -0.3 is 39.8 Å². The molecule has 2 saturated heterocycles. The number of nitrogen functional groups attached to an aromatic ring is 1. The Kier molecular flexibility index (Phi) is 19.5. The maximum absolute atomic E-state index is 15.6. The van der Waals surface area contributed by atoms with Crippen LogP contribution in [0.25, 0.3) is 66.8 Å². The number of hydrogen-bond donors (Lipinski definition) is 2. The number of morpholine rings is 2. The zero-order valence-electron chi connectivity index (χ0n) is 50.3. The monoisotopic (exact) mass is 1230 g/mol. The molecule has 8 heterocycles. The second kappa shape index (κ2) is 27.5. The number of ether oxygens (including phenoxy) is 4. The molecular weight excluding hydrogens is 1170 g/mol. The van der Waals surface area contributed by atoms with Crippen LogP contribution in [-0.2, 0) is 9.47 Å². The van der Waals surface area contributed by atoms with Gasteiger partial charge in [-0.1, -0.05) is 23.7 Å². The molecule has 0 saturated carbocycles. The first-order chi connectivity index (χ1) is 42.7. The number of rotatable bonds is 12. The number of aryl methyl sites for hydroxylation is 2. The lowest BCUT2D eigenvalue weighted by atomic mass is 10.0. The van der Waals surface area contributed by atoms with Crippen LogP contribution in [0.1, 0.15) is 49.9 Å². The van der Waals surface area contributed by atoms with Gasteiger partial charge in [-0.3, -0.25) is 9.97 Å². The number of hydrogen-bond acceptors (Lipinski definition) is 14. The first kappa shape index (κ1) is 62.9. The summed E-state index contributed by atoms with van der Waals surface area (Å²) < 4.78 is 109. The van der Waals surface area contributed by atoms with Gasteiger partial charge in [-0.05, 0) is 132 Å².